The lowest BCUT2D eigenvalue weighted by molar-refractivity contribution is 0.274. The molecule has 0 amide bonds. The molecule has 0 aliphatic rings. The molecule has 20 heavy (non-hydrogen) atoms. The molecule has 0 saturated heterocycles. The Balaban J connectivity index is 2.19. The Morgan fingerprint density at radius 1 is 0.900 bits per heavy atom. The minimum Gasteiger partial charge on any atom is -0.227 e. The van der Waals surface area contributed by atoms with Gasteiger partial charge in [-0.3, -0.25) is 0 Å². The van der Waals surface area contributed by atoms with Gasteiger partial charge < -0.3 is 0 Å². The van der Waals surface area contributed by atoms with E-state index in [2.05, 4.69) is 27.4 Å². The van der Waals surface area contributed by atoms with Gasteiger partial charge in [0.2, 0.25) is 6.29 Å². The van der Waals surface area contributed by atoms with Crippen LogP contribution in [0.15, 0.2) is 30.6 Å². The van der Waals surface area contributed by atoms with E-state index in [0.29, 0.717) is 0 Å². The van der Waals surface area contributed by atoms with Crippen molar-refractivity contribution in [1.29, 1.82) is 0 Å². The molecule has 0 N–H and O–H groups in total. The Morgan fingerprint density at radius 3 is 1.80 bits per heavy atom. The van der Waals surface area contributed by atoms with Crippen LogP contribution in [-0.4, -0.2) is 29.3 Å². The fraction of sp³-hybridized carbons (Fsp3) is 0.357. The molecule has 0 unspecified atom stereocenters. The van der Waals surface area contributed by atoms with E-state index in [-0.39, 0.29) is 6.29 Å². The molecule has 0 radical (unpaired) electrons. The molecule has 0 fully saturated rings. The maximum Gasteiger partial charge on any atom is 0.238 e. The van der Waals surface area contributed by atoms with Gasteiger partial charge in [-0.15, -0.1) is 0 Å². The van der Waals surface area contributed by atoms with Crippen LogP contribution in [0.2, 0.25) is 0 Å². The molecule has 0 aliphatic carbocycles. The first-order valence-corrected chi connectivity index (χ1v) is 6.61. The molecule has 6 nitrogen and oxygen atoms in total. The molecule has 3 aromatic heterocycles. The van der Waals surface area contributed by atoms with Crippen molar-refractivity contribution in [3.63, 3.8) is 0 Å². The average molecular weight is 270 g/mol. The summed E-state index contributed by atoms with van der Waals surface area (Å²) in [5.74, 6) is 0. The molecule has 0 atom stereocenters. The van der Waals surface area contributed by atoms with E-state index < -0.39 is 0 Å². The van der Waals surface area contributed by atoms with Gasteiger partial charge in [0, 0.05) is 23.8 Å². The predicted octanol–water partition coefficient (Wildman–Crippen LogP) is 2.06. The normalized spacial score (nSPS) is 11.4. The van der Waals surface area contributed by atoms with Crippen molar-refractivity contribution in [2.75, 3.05) is 0 Å². The lowest BCUT2D eigenvalue weighted by Gasteiger charge is -2.21. The zero-order chi connectivity index (χ0) is 14.3. The Bertz CT molecular complexity index is 673. The van der Waals surface area contributed by atoms with E-state index in [4.69, 9.17) is 0 Å². The average Bonchev–Trinajstić information content (AvgIpc) is 3.05. The fourth-order valence-corrected chi connectivity index (χ4v) is 2.50. The minimum atomic E-state index is -0.215. The molecule has 3 rings (SSSR count). The third-order valence-corrected chi connectivity index (χ3v) is 3.29. The van der Waals surface area contributed by atoms with Crippen molar-refractivity contribution < 1.29 is 0 Å². The molecular formula is C14H18N6. The van der Waals surface area contributed by atoms with Crippen molar-refractivity contribution in [2.24, 2.45) is 0 Å². The van der Waals surface area contributed by atoms with Crippen LogP contribution >= 0.6 is 0 Å². The highest BCUT2D eigenvalue weighted by Gasteiger charge is 2.21. The van der Waals surface area contributed by atoms with Gasteiger partial charge in [-0.25, -0.2) is 14.0 Å². The van der Waals surface area contributed by atoms with E-state index in [9.17, 15) is 0 Å². The zero-order valence-electron chi connectivity index (χ0n) is 12.1. The minimum absolute atomic E-state index is 0.215. The highest BCUT2D eigenvalue weighted by atomic mass is 15.6. The van der Waals surface area contributed by atoms with E-state index >= 15 is 0 Å². The second-order valence-electron chi connectivity index (χ2n) is 5.08. The summed E-state index contributed by atoms with van der Waals surface area (Å²) < 4.78 is 5.75. The van der Waals surface area contributed by atoms with Gasteiger partial charge in [-0.2, -0.15) is 15.3 Å². The highest BCUT2D eigenvalue weighted by Crippen LogP contribution is 2.17. The van der Waals surface area contributed by atoms with Gasteiger partial charge in [0.15, 0.2) is 0 Å². The monoisotopic (exact) mass is 270 g/mol. The summed E-state index contributed by atoms with van der Waals surface area (Å²) in [6.45, 7) is 8.07. The van der Waals surface area contributed by atoms with E-state index in [1.165, 1.54) is 0 Å². The van der Waals surface area contributed by atoms with Gasteiger partial charge in [0.25, 0.3) is 0 Å². The number of hydrogen-bond acceptors (Lipinski definition) is 3. The third kappa shape index (κ3) is 2.03. The first-order chi connectivity index (χ1) is 9.56. The molecule has 0 saturated carbocycles. The first-order valence-electron chi connectivity index (χ1n) is 6.61. The summed E-state index contributed by atoms with van der Waals surface area (Å²) in [5, 5.41) is 13.5. The number of nitrogens with zero attached hydrogens (tertiary/aromatic N) is 6. The van der Waals surface area contributed by atoms with Crippen molar-refractivity contribution in [2.45, 2.75) is 34.0 Å². The lowest BCUT2D eigenvalue weighted by atomic mass is 10.4. The standard InChI is InChI=1S/C14H18N6/c1-10-8-12(3)19(16-10)14(18-7-5-6-15-18)20-13(4)9-11(2)17-20/h5-9,14H,1-4H3. The zero-order valence-corrected chi connectivity index (χ0v) is 12.1. The molecule has 0 spiro atoms. The Hall–Kier alpha value is -2.37. The summed E-state index contributed by atoms with van der Waals surface area (Å²) in [5.41, 5.74) is 4.13. The van der Waals surface area contributed by atoms with E-state index in [1.807, 2.05) is 54.0 Å². The summed E-state index contributed by atoms with van der Waals surface area (Å²) in [7, 11) is 0. The number of hydrogen-bond donors (Lipinski definition) is 0. The predicted molar refractivity (Wildman–Crippen MR) is 75.5 cm³/mol. The van der Waals surface area contributed by atoms with Crippen molar-refractivity contribution >= 4 is 0 Å². The van der Waals surface area contributed by atoms with Gasteiger partial charge in [0.05, 0.1) is 11.4 Å². The summed E-state index contributed by atoms with van der Waals surface area (Å²) >= 11 is 0. The molecule has 3 aromatic rings. The quantitative estimate of drug-likeness (QED) is 0.732. The number of rotatable bonds is 3. The van der Waals surface area contributed by atoms with E-state index in [1.54, 1.807) is 6.20 Å². The van der Waals surface area contributed by atoms with Crippen molar-refractivity contribution in [1.82, 2.24) is 29.3 Å². The fourth-order valence-electron chi connectivity index (χ4n) is 2.50. The topological polar surface area (TPSA) is 53.5 Å². The SMILES string of the molecule is Cc1cc(C)n(C(n2cccn2)n2nc(C)cc2C)n1. The smallest absolute Gasteiger partial charge is 0.227 e. The maximum atomic E-state index is 4.59. The van der Waals surface area contributed by atoms with Crippen LogP contribution in [-0.2, 0) is 0 Å². The molecule has 3 heterocycles. The van der Waals surface area contributed by atoms with Crippen LogP contribution in [0.5, 0.6) is 0 Å². The van der Waals surface area contributed by atoms with Crippen LogP contribution < -0.4 is 0 Å². The molecular weight excluding hydrogens is 252 g/mol. The Morgan fingerprint density at radius 2 is 1.45 bits per heavy atom. The molecule has 0 bridgehead atoms. The Kier molecular flexibility index (Phi) is 2.93. The van der Waals surface area contributed by atoms with Gasteiger partial charge in [-0.1, -0.05) is 0 Å². The van der Waals surface area contributed by atoms with Gasteiger partial charge in [-0.05, 0) is 45.9 Å². The van der Waals surface area contributed by atoms with Crippen molar-refractivity contribution in [3.05, 3.63) is 53.4 Å². The second-order valence-corrected chi connectivity index (χ2v) is 5.08. The molecule has 0 aliphatic heterocycles. The van der Waals surface area contributed by atoms with Crippen LogP contribution in [0.25, 0.3) is 0 Å². The first kappa shape index (κ1) is 12.7. The van der Waals surface area contributed by atoms with Crippen LogP contribution in [0.3, 0.4) is 0 Å². The number of aryl methyl sites for hydroxylation is 4. The summed E-state index contributed by atoms with van der Waals surface area (Å²) in [6.07, 6.45) is 3.48. The second kappa shape index (κ2) is 4.63. The maximum absolute atomic E-state index is 4.59. The molecule has 6 heteroatoms. The van der Waals surface area contributed by atoms with Gasteiger partial charge >= 0.3 is 0 Å². The summed E-state index contributed by atoms with van der Waals surface area (Å²) in [4.78, 5) is 0. The van der Waals surface area contributed by atoms with Gasteiger partial charge in [0.1, 0.15) is 0 Å². The number of aromatic nitrogens is 6. The highest BCUT2D eigenvalue weighted by molar-refractivity contribution is 5.11. The third-order valence-electron chi connectivity index (χ3n) is 3.29. The van der Waals surface area contributed by atoms with Crippen LogP contribution in [0.4, 0.5) is 0 Å². The summed E-state index contributed by atoms with van der Waals surface area (Å²) in [6, 6.07) is 6.02. The Labute approximate surface area is 117 Å². The van der Waals surface area contributed by atoms with Crippen LogP contribution in [0.1, 0.15) is 29.1 Å². The molecule has 0 aromatic carbocycles. The van der Waals surface area contributed by atoms with Crippen LogP contribution in [0, 0.1) is 27.7 Å². The van der Waals surface area contributed by atoms with Crippen molar-refractivity contribution in [3.8, 4) is 0 Å². The molecule has 104 valence electrons. The largest absolute Gasteiger partial charge is 0.238 e. The lowest BCUT2D eigenvalue weighted by Crippen LogP contribution is -2.29. The van der Waals surface area contributed by atoms with E-state index in [0.717, 1.165) is 22.8 Å².